The van der Waals surface area contributed by atoms with E-state index < -0.39 is 6.04 Å². The summed E-state index contributed by atoms with van der Waals surface area (Å²) in [5.41, 5.74) is 3.27. The van der Waals surface area contributed by atoms with Crippen LogP contribution in [0.25, 0.3) is 0 Å². The fourth-order valence-electron chi connectivity index (χ4n) is 3.04. The molecular weight excluding hydrogens is 469 g/mol. The lowest BCUT2D eigenvalue weighted by Gasteiger charge is -2.14. The minimum absolute atomic E-state index is 0.132. The molecule has 2 amide bonds. The van der Waals surface area contributed by atoms with Crippen LogP contribution in [0.1, 0.15) is 40.3 Å². The molecule has 0 saturated carbocycles. The summed E-state index contributed by atoms with van der Waals surface area (Å²) < 4.78 is 1.75. The highest BCUT2D eigenvalue weighted by Gasteiger charge is 2.20. The number of carbonyl (C=O) groups excluding carboxylic acids is 2. The number of carbonyl (C=O) groups is 2. The van der Waals surface area contributed by atoms with Crippen LogP contribution in [-0.2, 0) is 11.8 Å². The van der Waals surface area contributed by atoms with E-state index in [-0.39, 0.29) is 22.6 Å². The summed E-state index contributed by atoms with van der Waals surface area (Å²) in [7, 11) is 1.79. The second kappa shape index (κ2) is 10.4. The molecule has 3 aromatic rings. The molecule has 0 fully saturated rings. The number of aryl methyl sites for hydroxylation is 1. The van der Waals surface area contributed by atoms with Gasteiger partial charge >= 0.3 is 0 Å². The second-order valence-electron chi connectivity index (χ2n) is 7.30. The Morgan fingerprint density at radius 3 is 2.62 bits per heavy atom. The van der Waals surface area contributed by atoms with Crippen molar-refractivity contribution in [2.24, 2.45) is 7.05 Å². The number of benzene rings is 2. The molecule has 0 radical (unpaired) electrons. The summed E-state index contributed by atoms with van der Waals surface area (Å²) in [5.74, 6) is 0.262. The maximum absolute atomic E-state index is 12.6. The minimum Gasteiger partial charge on any atom is -0.342 e. The van der Waals surface area contributed by atoms with Gasteiger partial charge in [0.2, 0.25) is 5.91 Å². The monoisotopic (exact) mass is 491 g/mol. The van der Waals surface area contributed by atoms with Gasteiger partial charge in [0.25, 0.3) is 5.91 Å². The Morgan fingerprint density at radius 1 is 1.16 bits per heavy atom. The molecule has 168 valence electrons. The minimum atomic E-state index is -0.426. The van der Waals surface area contributed by atoms with Gasteiger partial charge in [0.15, 0.2) is 11.0 Å². The Morgan fingerprint density at radius 2 is 1.91 bits per heavy atom. The molecule has 0 saturated heterocycles. The van der Waals surface area contributed by atoms with Crippen LogP contribution < -0.4 is 10.6 Å². The first-order valence-corrected chi connectivity index (χ1v) is 11.6. The predicted molar refractivity (Wildman–Crippen MR) is 129 cm³/mol. The summed E-state index contributed by atoms with van der Waals surface area (Å²) in [6.07, 6.45) is 0. The highest BCUT2D eigenvalue weighted by atomic mass is 35.5. The number of rotatable bonds is 7. The molecule has 10 heteroatoms. The van der Waals surface area contributed by atoms with Crippen LogP contribution in [0.2, 0.25) is 10.0 Å². The molecule has 2 aromatic carbocycles. The van der Waals surface area contributed by atoms with Crippen LogP contribution in [0.4, 0.5) is 5.69 Å². The normalized spacial score (nSPS) is 11.8. The van der Waals surface area contributed by atoms with E-state index in [1.807, 2.05) is 32.0 Å². The van der Waals surface area contributed by atoms with Crippen LogP contribution >= 0.6 is 35.0 Å². The number of anilines is 1. The fourth-order valence-corrected chi connectivity index (χ4v) is 4.26. The zero-order chi connectivity index (χ0) is 23.4. The van der Waals surface area contributed by atoms with Gasteiger partial charge in [-0.25, -0.2) is 0 Å². The van der Waals surface area contributed by atoms with Crippen molar-refractivity contribution in [1.82, 2.24) is 20.1 Å². The Balaban J connectivity index is 1.61. The molecule has 3 rings (SSSR count). The van der Waals surface area contributed by atoms with E-state index in [1.165, 1.54) is 17.8 Å². The number of hydrogen-bond acceptors (Lipinski definition) is 5. The van der Waals surface area contributed by atoms with Gasteiger partial charge in [-0.1, -0.05) is 47.1 Å². The summed E-state index contributed by atoms with van der Waals surface area (Å²) >= 11 is 13.3. The van der Waals surface area contributed by atoms with Gasteiger partial charge in [-0.15, -0.1) is 10.2 Å². The van der Waals surface area contributed by atoms with Gasteiger partial charge in [0.1, 0.15) is 0 Å². The number of hydrogen-bond donors (Lipinski definition) is 2. The number of halogens is 2. The highest BCUT2D eigenvalue weighted by molar-refractivity contribution is 7.99. The van der Waals surface area contributed by atoms with E-state index in [0.717, 1.165) is 16.8 Å². The summed E-state index contributed by atoms with van der Waals surface area (Å²) in [6.45, 7) is 5.77. The van der Waals surface area contributed by atoms with E-state index in [9.17, 15) is 9.59 Å². The largest absolute Gasteiger partial charge is 0.342 e. The van der Waals surface area contributed by atoms with Crippen LogP contribution in [0.5, 0.6) is 0 Å². The zero-order valence-corrected chi connectivity index (χ0v) is 20.4. The molecule has 0 unspecified atom stereocenters. The number of nitrogens with zero attached hydrogens (tertiary/aromatic N) is 3. The molecule has 0 aliphatic rings. The zero-order valence-electron chi connectivity index (χ0n) is 18.1. The first kappa shape index (κ1) is 24.1. The van der Waals surface area contributed by atoms with Gasteiger partial charge in [0.05, 0.1) is 22.4 Å². The lowest BCUT2D eigenvalue weighted by atomic mass is 10.1. The molecule has 0 aliphatic heterocycles. The molecule has 1 aromatic heterocycles. The Labute approximate surface area is 200 Å². The Hall–Kier alpha value is -2.55. The van der Waals surface area contributed by atoms with Crippen molar-refractivity contribution < 1.29 is 9.59 Å². The topological polar surface area (TPSA) is 88.9 Å². The van der Waals surface area contributed by atoms with Crippen molar-refractivity contribution in [2.75, 3.05) is 11.1 Å². The van der Waals surface area contributed by atoms with Crippen molar-refractivity contribution in [2.45, 2.75) is 32.0 Å². The average Bonchev–Trinajstić information content (AvgIpc) is 3.10. The Kier molecular flexibility index (Phi) is 7.82. The van der Waals surface area contributed by atoms with E-state index in [1.54, 1.807) is 30.7 Å². The first-order valence-electron chi connectivity index (χ1n) is 9.81. The van der Waals surface area contributed by atoms with Crippen LogP contribution in [0, 0.1) is 13.8 Å². The molecule has 1 heterocycles. The average molecular weight is 492 g/mol. The molecule has 2 N–H and O–H groups in total. The lowest BCUT2D eigenvalue weighted by molar-refractivity contribution is -0.113. The number of thioether (sulfide) groups is 1. The van der Waals surface area contributed by atoms with Crippen LogP contribution in [0.3, 0.4) is 0 Å². The SMILES string of the molecule is Cc1cccc(NC(=O)CSc2nnc([C@@H](C)NC(=O)c3ccc(Cl)cc3Cl)n2C)c1C. The fraction of sp³-hybridized carbons (Fsp3) is 0.273. The molecule has 1 atom stereocenters. The smallest absolute Gasteiger partial charge is 0.253 e. The third-order valence-corrected chi connectivity index (χ3v) is 6.56. The molecule has 7 nitrogen and oxygen atoms in total. The lowest BCUT2D eigenvalue weighted by Crippen LogP contribution is -2.28. The molecule has 32 heavy (non-hydrogen) atoms. The van der Waals surface area contributed by atoms with Crippen LogP contribution in [0.15, 0.2) is 41.6 Å². The standard InChI is InChI=1S/C22H23Cl2N5O2S/c1-12-6-5-7-18(13(12)2)26-19(30)11-32-22-28-27-20(29(22)4)14(3)25-21(31)16-9-8-15(23)10-17(16)24/h5-10,14H,11H2,1-4H3,(H,25,31)(H,26,30)/t14-/m1/s1. The maximum Gasteiger partial charge on any atom is 0.253 e. The molecule has 0 aliphatic carbocycles. The van der Waals surface area contributed by atoms with E-state index in [4.69, 9.17) is 23.2 Å². The highest BCUT2D eigenvalue weighted by Crippen LogP contribution is 2.24. The van der Waals surface area contributed by atoms with Crippen molar-refractivity contribution in [3.8, 4) is 0 Å². The van der Waals surface area contributed by atoms with Crippen LogP contribution in [-0.4, -0.2) is 32.3 Å². The van der Waals surface area contributed by atoms with E-state index in [0.29, 0.717) is 21.6 Å². The van der Waals surface area contributed by atoms with Gasteiger partial charge in [-0.05, 0) is 56.2 Å². The summed E-state index contributed by atoms with van der Waals surface area (Å²) in [5, 5.41) is 15.4. The van der Waals surface area contributed by atoms with Crippen molar-refractivity contribution in [3.05, 3.63) is 69.0 Å². The van der Waals surface area contributed by atoms with Crippen molar-refractivity contribution in [3.63, 3.8) is 0 Å². The maximum atomic E-state index is 12.6. The van der Waals surface area contributed by atoms with E-state index in [2.05, 4.69) is 20.8 Å². The third kappa shape index (κ3) is 5.62. The number of aromatic nitrogens is 3. The first-order chi connectivity index (χ1) is 15.2. The summed E-state index contributed by atoms with van der Waals surface area (Å²) in [4.78, 5) is 25.0. The number of amides is 2. The van der Waals surface area contributed by atoms with Crippen molar-refractivity contribution in [1.29, 1.82) is 0 Å². The number of nitrogens with one attached hydrogen (secondary N) is 2. The summed E-state index contributed by atoms with van der Waals surface area (Å²) in [6, 6.07) is 10.1. The van der Waals surface area contributed by atoms with E-state index >= 15 is 0 Å². The Bertz CT molecular complexity index is 1170. The second-order valence-corrected chi connectivity index (χ2v) is 9.09. The van der Waals surface area contributed by atoms with Crippen molar-refractivity contribution >= 4 is 52.5 Å². The van der Waals surface area contributed by atoms with Gasteiger partial charge in [0, 0.05) is 17.8 Å². The third-order valence-electron chi connectivity index (χ3n) is 4.99. The molecule has 0 spiro atoms. The van der Waals surface area contributed by atoms with Gasteiger partial charge in [-0.2, -0.15) is 0 Å². The molecule has 0 bridgehead atoms. The predicted octanol–water partition coefficient (Wildman–Crippen LogP) is 4.96. The van der Waals surface area contributed by atoms with Gasteiger partial charge < -0.3 is 15.2 Å². The van der Waals surface area contributed by atoms with Gasteiger partial charge in [-0.3, -0.25) is 9.59 Å². The molecular formula is C22H23Cl2N5O2S. The quantitative estimate of drug-likeness (QED) is 0.455.